The van der Waals surface area contributed by atoms with Crippen molar-refractivity contribution >= 4 is 21.8 Å². The Morgan fingerprint density at radius 3 is 2.60 bits per heavy atom. The van der Waals surface area contributed by atoms with Gasteiger partial charge in [-0.3, -0.25) is 4.79 Å². The normalized spacial score (nSPS) is 10.6. The van der Waals surface area contributed by atoms with Gasteiger partial charge in [-0.2, -0.15) is 5.10 Å². The predicted molar refractivity (Wildman–Crippen MR) is 84.1 cm³/mol. The molecule has 4 heteroatoms. The maximum absolute atomic E-state index is 12.6. The molecule has 1 heterocycles. The highest BCUT2D eigenvalue weighted by Gasteiger charge is 2.19. The number of hydrogen-bond donors (Lipinski definition) is 0. The van der Waals surface area contributed by atoms with E-state index in [0.717, 1.165) is 33.4 Å². The molecule has 0 bridgehead atoms. The zero-order valence-electron chi connectivity index (χ0n) is 11.9. The summed E-state index contributed by atoms with van der Waals surface area (Å²) in [5, 5.41) is 4.39. The van der Waals surface area contributed by atoms with Gasteiger partial charge in [-0.15, -0.1) is 0 Å². The summed E-state index contributed by atoms with van der Waals surface area (Å²) in [5.74, 6) is -0.119. The maximum Gasteiger partial charge on any atom is 0.279 e. The summed E-state index contributed by atoms with van der Waals surface area (Å²) < 4.78 is 2.26. The molecule has 0 unspecified atom stereocenters. The van der Waals surface area contributed by atoms with E-state index >= 15 is 0 Å². The fourth-order valence-corrected chi connectivity index (χ4v) is 2.63. The number of nitrogens with zero attached hydrogens (tertiary/aromatic N) is 2. The van der Waals surface area contributed by atoms with Crippen molar-refractivity contribution in [3.8, 4) is 0 Å². The monoisotopic (exact) mass is 332 g/mol. The van der Waals surface area contributed by atoms with Crippen molar-refractivity contribution in [1.82, 2.24) is 9.78 Å². The van der Waals surface area contributed by atoms with Crippen LogP contribution in [-0.4, -0.2) is 15.7 Å². The Hall–Kier alpha value is -1.68. The van der Waals surface area contributed by atoms with Gasteiger partial charge in [-0.1, -0.05) is 24.3 Å². The van der Waals surface area contributed by atoms with E-state index < -0.39 is 0 Å². The topological polar surface area (TPSA) is 34.9 Å². The Morgan fingerprint density at radius 2 is 2.00 bits per heavy atom. The molecule has 0 atom stereocenters. The quantitative estimate of drug-likeness (QED) is 0.794. The standard InChI is InChI=1S/C16H17BrN2O/c1-10(2)9-14-11(3)18-19(12(14)4)16(20)13-7-5-6-8-15(13)17/h5-8H,1,9H2,2-4H3. The number of allylic oxidation sites excluding steroid dienone is 1. The zero-order chi connectivity index (χ0) is 14.9. The molecule has 2 rings (SSSR count). The second-order valence-electron chi connectivity index (χ2n) is 4.98. The van der Waals surface area contributed by atoms with Crippen molar-refractivity contribution in [2.45, 2.75) is 27.2 Å². The summed E-state index contributed by atoms with van der Waals surface area (Å²) in [4.78, 5) is 12.6. The molecule has 104 valence electrons. The first-order valence-corrected chi connectivity index (χ1v) is 7.19. The average Bonchev–Trinajstić information content (AvgIpc) is 2.66. The van der Waals surface area contributed by atoms with E-state index in [2.05, 4.69) is 27.6 Å². The molecule has 1 aromatic carbocycles. The van der Waals surface area contributed by atoms with Crippen molar-refractivity contribution in [1.29, 1.82) is 0 Å². The third-order valence-corrected chi connectivity index (χ3v) is 3.91. The van der Waals surface area contributed by atoms with Crippen LogP contribution in [0, 0.1) is 13.8 Å². The second-order valence-corrected chi connectivity index (χ2v) is 5.83. The number of rotatable bonds is 3. The van der Waals surface area contributed by atoms with E-state index in [-0.39, 0.29) is 5.91 Å². The van der Waals surface area contributed by atoms with Crippen LogP contribution in [-0.2, 0) is 6.42 Å². The smallest absolute Gasteiger partial charge is 0.267 e. The average molecular weight is 333 g/mol. The summed E-state index contributed by atoms with van der Waals surface area (Å²) in [7, 11) is 0. The van der Waals surface area contributed by atoms with Crippen LogP contribution < -0.4 is 0 Å². The molecule has 1 aromatic heterocycles. The van der Waals surface area contributed by atoms with Gasteiger partial charge in [0.05, 0.1) is 11.3 Å². The number of aromatic nitrogens is 2. The summed E-state index contributed by atoms with van der Waals surface area (Å²) in [6, 6.07) is 7.38. The first kappa shape index (κ1) is 14.7. The van der Waals surface area contributed by atoms with Crippen LogP contribution in [0.5, 0.6) is 0 Å². The van der Waals surface area contributed by atoms with E-state index in [0.29, 0.717) is 5.56 Å². The Labute approximate surface area is 127 Å². The molecule has 0 spiro atoms. The number of halogens is 1. The molecule has 2 aromatic rings. The van der Waals surface area contributed by atoms with E-state index in [4.69, 9.17) is 0 Å². The van der Waals surface area contributed by atoms with Crippen LogP contribution in [0.4, 0.5) is 0 Å². The van der Waals surface area contributed by atoms with Gasteiger partial charge in [0.25, 0.3) is 5.91 Å². The van der Waals surface area contributed by atoms with Crippen LogP contribution in [0.15, 0.2) is 40.9 Å². The molecule has 0 aliphatic heterocycles. The largest absolute Gasteiger partial charge is 0.279 e. The number of hydrogen-bond acceptors (Lipinski definition) is 2. The SMILES string of the molecule is C=C(C)Cc1c(C)nn(C(=O)c2ccccc2Br)c1C. The van der Waals surface area contributed by atoms with Crippen molar-refractivity contribution in [2.75, 3.05) is 0 Å². The summed E-state index contributed by atoms with van der Waals surface area (Å²) in [6.07, 6.45) is 0.751. The van der Waals surface area contributed by atoms with Gasteiger partial charge in [0, 0.05) is 15.7 Å². The fourth-order valence-electron chi connectivity index (χ4n) is 2.18. The van der Waals surface area contributed by atoms with Gasteiger partial charge in [-0.05, 0) is 55.3 Å². The highest BCUT2D eigenvalue weighted by Crippen LogP contribution is 2.21. The van der Waals surface area contributed by atoms with E-state index in [1.54, 1.807) is 6.07 Å². The maximum atomic E-state index is 12.6. The second kappa shape index (κ2) is 5.75. The van der Waals surface area contributed by atoms with Crippen LogP contribution in [0.25, 0.3) is 0 Å². The number of carbonyl (C=O) groups is 1. The zero-order valence-corrected chi connectivity index (χ0v) is 13.5. The summed E-state index contributed by atoms with van der Waals surface area (Å²) in [6.45, 7) is 9.76. The minimum absolute atomic E-state index is 0.119. The molecule has 0 aliphatic carbocycles. The summed E-state index contributed by atoms with van der Waals surface area (Å²) in [5.41, 5.74) is 4.51. The molecule has 0 saturated heterocycles. The van der Waals surface area contributed by atoms with Crippen LogP contribution in [0.1, 0.15) is 34.2 Å². The van der Waals surface area contributed by atoms with Crippen molar-refractivity contribution < 1.29 is 4.79 Å². The Balaban J connectivity index is 2.47. The predicted octanol–water partition coefficient (Wildman–Crippen LogP) is 4.07. The van der Waals surface area contributed by atoms with Crippen LogP contribution in [0.2, 0.25) is 0 Å². The summed E-state index contributed by atoms with van der Waals surface area (Å²) >= 11 is 3.41. The first-order valence-electron chi connectivity index (χ1n) is 6.40. The fraction of sp³-hybridized carbons (Fsp3) is 0.250. The van der Waals surface area contributed by atoms with Crippen LogP contribution >= 0.6 is 15.9 Å². The molecule has 20 heavy (non-hydrogen) atoms. The molecular weight excluding hydrogens is 316 g/mol. The number of aryl methyl sites for hydroxylation is 1. The number of carbonyl (C=O) groups excluding carboxylic acids is 1. The Kier molecular flexibility index (Phi) is 4.23. The van der Waals surface area contributed by atoms with Gasteiger partial charge in [0.1, 0.15) is 0 Å². The third kappa shape index (κ3) is 2.75. The van der Waals surface area contributed by atoms with Crippen molar-refractivity contribution in [2.24, 2.45) is 0 Å². The lowest BCUT2D eigenvalue weighted by Gasteiger charge is -2.06. The van der Waals surface area contributed by atoms with Crippen LogP contribution in [0.3, 0.4) is 0 Å². The Morgan fingerprint density at radius 1 is 1.35 bits per heavy atom. The van der Waals surface area contributed by atoms with E-state index in [1.165, 1.54) is 4.68 Å². The molecule has 0 saturated carbocycles. The van der Waals surface area contributed by atoms with Gasteiger partial charge in [-0.25, -0.2) is 4.68 Å². The minimum Gasteiger partial charge on any atom is -0.267 e. The van der Waals surface area contributed by atoms with E-state index in [9.17, 15) is 4.79 Å². The molecule has 0 N–H and O–H groups in total. The highest BCUT2D eigenvalue weighted by atomic mass is 79.9. The lowest BCUT2D eigenvalue weighted by Crippen LogP contribution is -2.16. The van der Waals surface area contributed by atoms with Crippen molar-refractivity contribution in [3.05, 3.63) is 63.4 Å². The van der Waals surface area contributed by atoms with Gasteiger partial charge < -0.3 is 0 Å². The lowest BCUT2D eigenvalue weighted by atomic mass is 10.1. The molecular formula is C16H17BrN2O. The van der Waals surface area contributed by atoms with E-state index in [1.807, 2.05) is 39.0 Å². The molecule has 0 fully saturated rings. The Bertz CT molecular complexity index is 686. The molecule has 0 aliphatic rings. The van der Waals surface area contributed by atoms with Gasteiger partial charge in [0.2, 0.25) is 0 Å². The molecule has 0 radical (unpaired) electrons. The highest BCUT2D eigenvalue weighted by molar-refractivity contribution is 9.10. The molecule has 3 nitrogen and oxygen atoms in total. The number of benzene rings is 1. The first-order chi connectivity index (χ1) is 9.41. The lowest BCUT2D eigenvalue weighted by molar-refractivity contribution is 0.0941. The van der Waals surface area contributed by atoms with Gasteiger partial charge >= 0.3 is 0 Å². The van der Waals surface area contributed by atoms with Crippen molar-refractivity contribution in [3.63, 3.8) is 0 Å². The molecule has 0 amide bonds. The third-order valence-electron chi connectivity index (χ3n) is 3.22. The van der Waals surface area contributed by atoms with Gasteiger partial charge in [0.15, 0.2) is 0 Å². The minimum atomic E-state index is -0.119.